The molecule has 3 heteroatoms. The highest BCUT2D eigenvalue weighted by atomic mass is 16.5. The average Bonchev–Trinajstić information content (AvgIpc) is 2.39. The second-order valence-corrected chi connectivity index (χ2v) is 3.49. The first-order valence-electron chi connectivity index (χ1n) is 5.26. The molecule has 0 unspecified atom stereocenters. The Morgan fingerprint density at radius 3 is 2.53 bits per heavy atom. The first kappa shape index (κ1) is 11.2. The van der Waals surface area contributed by atoms with Gasteiger partial charge < -0.3 is 9.84 Å². The van der Waals surface area contributed by atoms with Crippen molar-refractivity contribution in [2.75, 3.05) is 7.11 Å². The molecule has 0 aliphatic rings. The van der Waals surface area contributed by atoms with Crippen molar-refractivity contribution < 1.29 is 9.84 Å². The van der Waals surface area contributed by atoms with Gasteiger partial charge in [-0.05, 0) is 24.3 Å². The Balaban J connectivity index is 2.28. The van der Waals surface area contributed by atoms with Crippen LogP contribution in [0.25, 0.3) is 0 Å². The molecular formula is C14H13NO2. The van der Waals surface area contributed by atoms with E-state index in [1.165, 1.54) is 7.11 Å². The molecule has 0 atom stereocenters. The van der Waals surface area contributed by atoms with Gasteiger partial charge in [0.15, 0.2) is 11.5 Å². The van der Waals surface area contributed by atoms with E-state index in [4.69, 9.17) is 4.74 Å². The van der Waals surface area contributed by atoms with Gasteiger partial charge in [0.05, 0.1) is 12.8 Å². The molecule has 2 aromatic carbocycles. The number of rotatable bonds is 3. The van der Waals surface area contributed by atoms with Gasteiger partial charge in [-0.3, -0.25) is 4.99 Å². The van der Waals surface area contributed by atoms with Crippen LogP contribution in [0.1, 0.15) is 5.56 Å². The van der Waals surface area contributed by atoms with Gasteiger partial charge in [0.1, 0.15) is 0 Å². The minimum Gasteiger partial charge on any atom is -0.504 e. The Morgan fingerprint density at radius 1 is 1.06 bits per heavy atom. The fraction of sp³-hybridized carbons (Fsp3) is 0.0714. The van der Waals surface area contributed by atoms with Gasteiger partial charge in [0.2, 0.25) is 0 Å². The van der Waals surface area contributed by atoms with Crippen molar-refractivity contribution in [1.82, 2.24) is 0 Å². The van der Waals surface area contributed by atoms with Gasteiger partial charge in [0, 0.05) is 11.8 Å². The Hall–Kier alpha value is -2.29. The quantitative estimate of drug-likeness (QED) is 0.818. The summed E-state index contributed by atoms with van der Waals surface area (Å²) in [7, 11) is 1.52. The molecule has 86 valence electrons. The fourth-order valence-electron chi connectivity index (χ4n) is 1.47. The maximum absolute atomic E-state index is 9.85. The van der Waals surface area contributed by atoms with Crippen molar-refractivity contribution in [1.29, 1.82) is 0 Å². The number of aromatic hydroxyl groups is 1. The van der Waals surface area contributed by atoms with Crippen LogP contribution in [-0.2, 0) is 0 Å². The van der Waals surface area contributed by atoms with E-state index in [0.29, 0.717) is 11.3 Å². The molecule has 17 heavy (non-hydrogen) atoms. The van der Waals surface area contributed by atoms with Gasteiger partial charge in [-0.15, -0.1) is 0 Å². The van der Waals surface area contributed by atoms with E-state index < -0.39 is 0 Å². The topological polar surface area (TPSA) is 41.8 Å². The summed E-state index contributed by atoms with van der Waals surface area (Å²) in [4.78, 5) is 4.27. The number of phenolic OH excluding ortho intramolecular Hbond substituents is 1. The van der Waals surface area contributed by atoms with Crippen molar-refractivity contribution in [2.24, 2.45) is 4.99 Å². The van der Waals surface area contributed by atoms with Gasteiger partial charge >= 0.3 is 0 Å². The van der Waals surface area contributed by atoms with Crippen LogP contribution in [0.3, 0.4) is 0 Å². The largest absolute Gasteiger partial charge is 0.504 e. The molecule has 2 aromatic rings. The number of nitrogens with zero attached hydrogens (tertiary/aromatic N) is 1. The third kappa shape index (κ3) is 2.64. The summed E-state index contributed by atoms with van der Waals surface area (Å²) >= 11 is 0. The standard InChI is InChI=1S/C14H13NO2/c1-17-13-9-5-6-11(14(13)16)10-15-12-7-3-2-4-8-12/h2-10,16H,1H3. The van der Waals surface area contributed by atoms with Crippen LogP contribution in [0.4, 0.5) is 5.69 Å². The summed E-state index contributed by atoms with van der Waals surface area (Å²) in [6.07, 6.45) is 1.62. The number of benzene rings is 2. The molecule has 3 nitrogen and oxygen atoms in total. The molecule has 0 heterocycles. The molecule has 0 saturated heterocycles. The number of aliphatic imine (C=N–C) groups is 1. The zero-order valence-corrected chi connectivity index (χ0v) is 9.50. The third-order valence-electron chi connectivity index (χ3n) is 2.36. The van der Waals surface area contributed by atoms with Gasteiger partial charge in [0.25, 0.3) is 0 Å². The number of hydrogen-bond acceptors (Lipinski definition) is 3. The van der Waals surface area contributed by atoms with Crippen molar-refractivity contribution >= 4 is 11.9 Å². The molecule has 0 bridgehead atoms. The minimum atomic E-state index is 0.106. The van der Waals surface area contributed by atoms with Crippen molar-refractivity contribution in [2.45, 2.75) is 0 Å². The molecule has 0 radical (unpaired) electrons. The smallest absolute Gasteiger partial charge is 0.166 e. The van der Waals surface area contributed by atoms with Crippen LogP contribution >= 0.6 is 0 Å². The lowest BCUT2D eigenvalue weighted by Gasteiger charge is -2.04. The summed E-state index contributed by atoms with van der Waals surface area (Å²) in [6.45, 7) is 0. The van der Waals surface area contributed by atoms with E-state index in [1.54, 1.807) is 18.3 Å². The third-order valence-corrected chi connectivity index (χ3v) is 2.36. The number of methoxy groups -OCH3 is 1. The van der Waals surface area contributed by atoms with E-state index in [9.17, 15) is 5.11 Å². The molecule has 2 rings (SSSR count). The lowest BCUT2D eigenvalue weighted by molar-refractivity contribution is 0.373. The monoisotopic (exact) mass is 227 g/mol. The zero-order valence-electron chi connectivity index (χ0n) is 9.50. The van der Waals surface area contributed by atoms with Crippen molar-refractivity contribution in [3.63, 3.8) is 0 Å². The van der Waals surface area contributed by atoms with Crippen molar-refractivity contribution in [3.8, 4) is 11.5 Å². The Labute approximate surface area is 100 Å². The Bertz CT molecular complexity index is 521. The van der Waals surface area contributed by atoms with Crippen LogP contribution in [-0.4, -0.2) is 18.4 Å². The number of para-hydroxylation sites is 2. The van der Waals surface area contributed by atoms with E-state index >= 15 is 0 Å². The summed E-state index contributed by atoms with van der Waals surface area (Å²) < 4.78 is 5.03. The van der Waals surface area contributed by atoms with Gasteiger partial charge in [-0.1, -0.05) is 24.3 Å². The van der Waals surface area contributed by atoms with Crippen LogP contribution in [0, 0.1) is 0 Å². The molecule has 1 N–H and O–H groups in total. The van der Waals surface area contributed by atoms with Gasteiger partial charge in [-0.2, -0.15) is 0 Å². The lowest BCUT2D eigenvalue weighted by atomic mass is 10.2. The molecule has 0 aliphatic carbocycles. The summed E-state index contributed by atoms with van der Waals surface area (Å²) in [5.74, 6) is 0.552. The van der Waals surface area contributed by atoms with E-state index in [-0.39, 0.29) is 5.75 Å². The van der Waals surface area contributed by atoms with Crippen LogP contribution in [0.5, 0.6) is 11.5 Å². The highest BCUT2D eigenvalue weighted by molar-refractivity contribution is 5.86. The summed E-state index contributed by atoms with van der Waals surface area (Å²) in [5.41, 5.74) is 1.47. The first-order chi connectivity index (χ1) is 8.31. The Kier molecular flexibility index (Phi) is 3.40. The lowest BCUT2D eigenvalue weighted by Crippen LogP contribution is -1.87. The summed E-state index contributed by atoms with van der Waals surface area (Å²) in [6, 6.07) is 14.9. The highest BCUT2D eigenvalue weighted by Crippen LogP contribution is 2.28. The minimum absolute atomic E-state index is 0.106. The molecular weight excluding hydrogens is 214 g/mol. The first-order valence-corrected chi connectivity index (χ1v) is 5.26. The average molecular weight is 227 g/mol. The number of phenols is 1. The molecule has 0 spiro atoms. The predicted octanol–water partition coefficient (Wildman–Crippen LogP) is 3.15. The van der Waals surface area contributed by atoms with Crippen molar-refractivity contribution in [3.05, 3.63) is 54.1 Å². The maximum Gasteiger partial charge on any atom is 0.166 e. The molecule has 0 aromatic heterocycles. The highest BCUT2D eigenvalue weighted by Gasteiger charge is 2.04. The zero-order chi connectivity index (χ0) is 12.1. The molecule has 0 fully saturated rings. The van der Waals surface area contributed by atoms with Gasteiger partial charge in [-0.25, -0.2) is 0 Å². The van der Waals surface area contributed by atoms with E-state index in [2.05, 4.69) is 4.99 Å². The molecule has 0 aliphatic heterocycles. The second kappa shape index (κ2) is 5.16. The maximum atomic E-state index is 9.85. The van der Waals surface area contributed by atoms with E-state index in [0.717, 1.165) is 5.69 Å². The van der Waals surface area contributed by atoms with Crippen LogP contribution in [0.2, 0.25) is 0 Å². The van der Waals surface area contributed by atoms with Crippen LogP contribution in [0.15, 0.2) is 53.5 Å². The molecule has 0 amide bonds. The SMILES string of the molecule is COc1cccc(C=Nc2ccccc2)c1O. The van der Waals surface area contributed by atoms with Crippen LogP contribution < -0.4 is 4.74 Å². The normalized spacial score (nSPS) is 10.6. The predicted molar refractivity (Wildman–Crippen MR) is 68.4 cm³/mol. The van der Waals surface area contributed by atoms with E-state index in [1.807, 2.05) is 36.4 Å². The Morgan fingerprint density at radius 2 is 1.82 bits per heavy atom. The second-order valence-electron chi connectivity index (χ2n) is 3.49. The summed E-state index contributed by atoms with van der Waals surface area (Å²) in [5, 5.41) is 9.85. The number of hydrogen-bond donors (Lipinski definition) is 1. The number of ether oxygens (including phenoxy) is 1. The molecule has 0 saturated carbocycles. The fourth-order valence-corrected chi connectivity index (χ4v) is 1.47.